The molecule has 228 valence electrons. The maximum Gasteiger partial charge on any atom is 0.511 e. The van der Waals surface area contributed by atoms with Gasteiger partial charge in [-0.1, -0.05) is 6.07 Å². The number of hydrogen-bond acceptors (Lipinski definition) is 10. The van der Waals surface area contributed by atoms with Gasteiger partial charge in [0.25, 0.3) is 11.8 Å². The Hall–Kier alpha value is -3.85. The average molecular weight is 615 g/mol. The van der Waals surface area contributed by atoms with Crippen molar-refractivity contribution in [2.24, 2.45) is 0 Å². The molecule has 4 atom stereocenters. The number of fused-ring (bicyclic) bond motifs is 2. The van der Waals surface area contributed by atoms with E-state index in [2.05, 4.69) is 9.84 Å². The molecule has 0 aliphatic carbocycles. The normalized spacial score (nSPS) is 19.8. The zero-order chi connectivity index (χ0) is 30.8. The monoisotopic (exact) mass is 615 g/mol. The van der Waals surface area contributed by atoms with E-state index < -0.39 is 79.7 Å². The zero-order valence-electron chi connectivity index (χ0n) is 22.7. The fraction of sp³-hybridized carbons (Fsp3) is 0.440. The molecule has 4 rings (SSSR count). The Labute approximate surface area is 237 Å². The van der Waals surface area contributed by atoms with Gasteiger partial charge in [0.1, 0.15) is 23.3 Å². The molecule has 0 radical (unpaired) electrons. The van der Waals surface area contributed by atoms with Crippen molar-refractivity contribution in [3.63, 3.8) is 0 Å². The smallest absolute Gasteiger partial charge is 0.451 e. The first kappa shape index (κ1) is 31.1. The Bertz CT molecular complexity index is 1490. The summed E-state index contributed by atoms with van der Waals surface area (Å²) in [7, 11) is -3.80. The second-order valence-corrected chi connectivity index (χ2v) is 11.5. The summed E-state index contributed by atoms with van der Waals surface area (Å²) in [5.74, 6) is -3.85. The third kappa shape index (κ3) is 7.13. The van der Waals surface area contributed by atoms with E-state index in [1.165, 1.54) is 16.4 Å². The standard InChI is InChI=1S/C25H28F2N3O11P/c1-13-10-37-19-9-29-8-17(23(32)28-7-15-4-5-16(26)6-18(15)27)21(31)22(20(29)24(33)30(13)19)38-12-39-25(34)41-14(2)11-40-42(3,35)36/h4-6,8,13-14,19H,7,9-12H2,1-3H3,(H,28,32)(H,35,36). The number of hydrogen-bond donors (Lipinski definition) is 2. The van der Waals surface area contributed by atoms with Crippen LogP contribution in [0.2, 0.25) is 0 Å². The number of nitrogens with zero attached hydrogens (tertiary/aromatic N) is 2. The SMILES string of the molecule is CC(COP(C)(=O)O)OC(=O)OCOc1c2n(cc(C(=O)NCc3ccc(F)cc3F)c1=O)CC1OCC(C)N1C2=O. The molecule has 0 saturated carbocycles. The summed E-state index contributed by atoms with van der Waals surface area (Å²) in [6.07, 6.45) is -1.78. The Balaban J connectivity index is 1.54. The van der Waals surface area contributed by atoms with Crippen molar-refractivity contribution < 1.29 is 56.1 Å². The molecular formula is C25H28F2N3O11P. The summed E-state index contributed by atoms with van der Waals surface area (Å²) >= 11 is 0. The second-order valence-electron chi connectivity index (χ2n) is 9.65. The number of pyridine rings is 1. The maximum absolute atomic E-state index is 14.0. The Kier molecular flexibility index (Phi) is 9.30. The highest BCUT2D eigenvalue weighted by Gasteiger charge is 2.43. The number of carbonyl (C=O) groups excluding carboxylic acids is 3. The quantitative estimate of drug-likeness (QED) is 0.227. The summed E-state index contributed by atoms with van der Waals surface area (Å²) in [6, 6.07) is 2.48. The van der Waals surface area contributed by atoms with Crippen molar-refractivity contribution in [3.05, 3.63) is 63.1 Å². The van der Waals surface area contributed by atoms with Crippen LogP contribution < -0.4 is 15.5 Å². The van der Waals surface area contributed by atoms with E-state index in [1.54, 1.807) is 6.92 Å². The minimum Gasteiger partial charge on any atom is -0.451 e. The largest absolute Gasteiger partial charge is 0.511 e. The number of halogens is 2. The number of aromatic nitrogens is 1. The lowest BCUT2D eigenvalue weighted by Gasteiger charge is -2.34. The van der Waals surface area contributed by atoms with Crippen LogP contribution in [0, 0.1) is 11.6 Å². The van der Waals surface area contributed by atoms with Crippen LogP contribution >= 0.6 is 7.60 Å². The Morgan fingerprint density at radius 1 is 1.29 bits per heavy atom. The molecule has 1 aromatic heterocycles. The van der Waals surface area contributed by atoms with E-state index >= 15 is 0 Å². The molecule has 0 spiro atoms. The molecule has 2 aliphatic rings. The molecule has 2 amide bonds. The van der Waals surface area contributed by atoms with Crippen molar-refractivity contribution >= 4 is 25.6 Å². The van der Waals surface area contributed by atoms with Gasteiger partial charge in [0.15, 0.2) is 11.9 Å². The first-order valence-electron chi connectivity index (χ1n) is 12.6. The maximum atomic E-state index is 14.0. The average Bonchev–Trinajstić information content (AvgIpc) is 3.28. The molecule has 42 heavy (non-hydrogen) atoms. The van der Waals surface area contributed by atoms with Crippen LogP contribution in [0.1, 0.15) is 40.3 Å². The molecule has 2 N–H and O–H groups in total. The fourth-order valence-electron chi connectivity index (χ4n) is 4.30. The van der Waals surface area contributed by atoms with Gasteiger partial charge in [-0.25, -0.2) is 13.6 Å². The van der Waals surface area contributed by atoms with Crippen molar-refractivity contribution in [3.8, 4) is 5.75 Å². The van der Waals surface area contributed by atoms with E-state index in [-0.39, 0.29) is 37.0 Å². The lowest BCUT2D eigenvalue weighted by atomic mass is 10.1. The van der Waals surface area contributed by atoms with E-state index in [4.69, 9.17) is 18.9 Å². The summed E-state index contributed by atoms with van der Waals surface area (Å²) in [5.41, 5.74) is -1.73. The molecule has 4 unspecified atom stereocenters. The molecule has 1 saturated heterocycles. The minimum atomic E-state index is -3.80. The Morgan fingerprint density at radius 3 is 2.71 bits per heavy atom. The van der Waals surface area contributed by atoms with Gasteiger partial charge >= 0.3 is 13.8 Å². The molecule has 3 heterocycles. The van der Waals surface area contributed by atoms with Crippen LogP contribution in [0.25, 0.3) is 0 Å². The van der Waals surface area contributed by atoms with Crippen LogP contribution in [0.4, 0.5) is 13.6 Å². The van der Waals surface area contributed by atoms with Crippen molar-refractivity contribution in [2.45, 2.75) is 45.3 Å². The molecule has 17 heteroatoms. The van der Waals surface area contributed by atoms with Crippen molar-refractivity contribution in [1.82, 2.24) is 14.8 Å². The Morgan fingerprint density at radius 2 is 2.02 bits per heavy atom. The first-order chi connectivity index (χ1) is 19.7. The van der Waals surface area contributed by atoms with Gasteiger partial charge in [-0.2, -0.15) is 0 Å². The van der Waals surface area contributed by atoms with Crippen LogP contribution in [0.5, 0.6) is 5.75 Å². The predicted molar refractivity (Wildman–Crippen MR) is 138 cm³/mol. The van der Waals surface area contributed by atoms with Crippen molar-refractivity contribution in [1.29, 1.82) is 0 Å². The molecule has 0 bridgehead atoms. The molecule has 1 aromatic carbocycles. The van der Waals surface area contributed by atoms with E-state index in [9.17, 15) is 37.4 Å². The zero-order valence-corrected chi connectivity index (χ0v) is 23.6. The molecule has 1 fully saturated rings. The number of rotatable bonds is 10. The van der Waals surface area contributed by atoms with E-state index in [1.807, 2.05) is 0 Å². The second kappa shape index (κ2) is 12.6. The summed E-state index contributed by atoms with van der Waals surface area (Å²) < 4.78 is 65.2. The van der Waals surface area contributed by atoms with Crippen LogP contribution in [0.3, 0.4) is 0 Å². The first-order valence-corrected chi connectivity index (χ1v) is 14.6. The molecule has 2 aromatic rings. The predicted octanol–water partition coefficient (Wildman–Crippen LogP) is 1.97. The number of benzene rings is 1. The highest BCUT2D eigenvalue weighted by molar-refractivity contribution is 7.51. The number of nitrogens with one attached hydrogen (secondary N) is 1. The van der Waals surface area contributed by atoms with Gasteiger partial charge in [-0.05, 0) is 19.9 Å². The number of amides is 2. The topological polar surface area (TPSA) is 172 Å². The summed E-state index contributed by atoms with van der Waals surface area (Å²) in [4.78, 5) is 62.4. The van der Waals surface area contributed by atoms with Gasteiger partial charge in [-0.3, -0.25) is 18.9 Å². The summed E-state index contributed by atoms with van der Waals surface area (Å²) in [5, 5.41) is 2.38. The highest BCUT2D eigenvalue weighted by atomic mass is 31.2. The van der Waals surface area contributed by atoms with Crippen LogP contribution in [0.15, 0.2) is 29.2 Å². The number of ether oxygens (including phenoxy) is 4. The number of carbonyl (C=O) groups is 3. The van der Waals surface area contributed by atoms with Gasteiger partial charge in [0.2, 0.25) is 18.0 Å². The summed E-state index contributed by atoms with van der Waals surface area (Å²) in [6.45, 7) is 2.67. The lowest BCUT2D eigenvalue weighted by molar-refractivity contribution is -0.0224. The molecule has 14 nitrogen and oxygen atoms in total. The van der Waals surface area contributed by atoms with Crippen LogP contribution in [-0.2, 0) is 36.4 Å². The molecule has 2 aliphatic heterocycles. The third-order valence-corrected chi connectivity index (χ3v) is 6.90. The highest BCUT2D eigenvalue weighted by Crippen LogP contribution is 2.36. The molecular weight excluding hydrogens is 587 g/mol. The fourth-order valence-corrected chi connectivity index (χ4v) is 4.79. The minimum absolute atomic E-state index is 0.0364. The van der Waals surface area contributed by atoms with Crippen LogP contribution in [-0.4, -0.2) is 77.4 Å². The van der Waals surface area contributed by atoms with E-state index in [0.29, 0.717) is 6.07 Å². The van der Waals surface area contributed by atoms with Gasteiger partial charge in [-0.15, -0.1) is 0 Å². The van der Waals surface area contributed by atoms with E-state index in [0.717, 1.165) is 25.0 Å². The van der Waals surface area contributed by atoms with Gasteiger partial charge < -0.3 is 43.1 Å². The van der Waals surface area contributed by atoms with Crippen molar-refractivity contribution in [2.75, 3.05) is 26.7 Å². The van der Waals surface area contributed by atoms with Gasteiger partial charge in [0, 0.05) is 31.0 Å². The van der Waals surface area contributed by atoms with Gasteiger partial charge in [0.05, 0.1) is 25.8 Å². The third-order valence-electron chi connectivity index (χ3n) is 6.27. The lowest BCUT2D eigenvalue weighted by Crippen LogP contribution is -2.49.